The predicted molar refractivity (Wildman–Crippen MR) is 51.1 cm³/mol. The molecule has 14 heavy (non-hydrogen) atoms. The topological polar surface area (TPSA) is 51.0 Å². The van der Waals surface area contributed by atoms with E-state index in [1.165, 1.54) is 19.3 Å². The van der Waals surface area contributed by atoms with Gasteiger partial charge in [0, 0.05) is 19.0 Å². The molecule has 76 valence electrons. The van der Waals surface area contributed by atoms with Crippen LogP contribution in [0.2, 0.25) is 0 Å². The Hall–Kier alpha value is -0.900. The molecular formula is C10H15N3O. The van der Waals surface area contributed by atoms with Crippen LogP contribution in [0.15, 0.2) is 4.52 Å². The van der Waals surface area contributed by atoms with Crippen LogP contribution in [0.3, 0.4) is 0 Å². The van der Waals surface area contributed by atoms with Gasteiger partial charge in [0.25, 0.3) is 0 Å². The monoisotopic (exact) mass is 193 g/mol. The highest BCUT2D eigenvalue weighted by atomic mass is 16.5. The lowest BCUT2D eigenvalue weighted by atomic mass is 9.83. The molecule has 1 aromatic rings. The van der Waals surface area contributed by atoms with Gasteiger partial charge in [-0.15, -0.1) is 0 Å². The van der Waals surface area contributed by atoms with Crippen molar-refractivity contribution < 1.29 is 4.52 Å². The first-order chi connectivity index (χ1) is 6.78. The van der Waals surface area contributed by atoms with E-state index in [-0.39, 0.29) is 5.41 Å². The molecule has 1 saturated heterocycles. The summed E-state index contributed by atoms with van der Waals surface area (Å²) in [5, 5.41) is 7.31. The summed E-state index contributed by atoms with van der Waals surface area (Å²) in [7, 11) is 0. The average Bonchev–Trinajstić information content (AvgIpc) is 2.46. The van der Waals surface area contributed by atoms with Crippen molar-refractivity contribution in [2.75, 3.05) is 13.1 Å². The molecule has 0 spiro atoms. The fourth-order valence-corrected chi connectivity index (χ4v) is 1.96. The van der Waals surface area contributed by atoms with Crippen LogP contribution in [-0.4, -0.2) is 23.2 Å². The Balaban J connectivity index is 1.82. The molecule has 2 aliphatic rings. The Bertz CT molecular complexity index is 339. The number of nitrogens with one attached hydrogen (secondary N) is 1. The summed E-state index contributed by atoms with van der Waals surface area (Å²) in [6.07, 6.45) is 3.77. The van der Waals surface area contributed by atoms with E-state index in [0.717, 1.165) is 24.8 Å². The van der Waals surface area contributed by atoms with Crippen molar-refractivity contribution >= 4 is 0 Å². The number of aromatic nitrogens is 2. The highest BCUT2D eigenvalue weighted by molar-refractivity contribution is 5.12. The molecule has 4 heteroatoms. The largest absolute Gasteiger partial charge is 0.339 e. The maximum absolute atomic E-state index is 5.33. The Labute approximate surface area is 83.1 Å². The number of hydrogen-bond donors (Lipinski definition) is 1. The SMILES string of the molecule is CC1(c2nc(C3CCC3)no2)CNC1. The molecule has 0 radical (unpaired) electrons. The molecule has 1 N–H and O–H groups in total. The first kappa shape index (κ1) is 8.41. The molecule has 4 nitrogen and oxygen atoms in total. The van der Waals surface area contributed by atoms with Crippen LogP contribution in [0.25, 0.3) is 0 Å². The van der Waals surface area contributed by atoms with Crippen molar-refractivity contribution in [1.82, 2.24) is 15.5 Å². The van der Waals surface area contributed by atoms with Gasteiger partial charge in [-0.3, -0.25) is 0 Å². The molecule has 1 aromatic heterocycles. The summed E-state index contributed by atoms with van der Waals surface area (Å²) in [6, 6.07) is 0. The van der Waals surface area contributed by atoms with Crippen molar-refractivity contribution in [1.29, 1.82) is 0 Å². The molecule has 0 bridgehead atoms. The summed E-state index contributed by atoms with van der Waals surface area (Å²) in [5.74, 6) is 2.32. The standard InChI is InChI=1S/C10H15N3O/c1-10(5-11-6-10)9-12-8(13-14-9)7-3-2-4-7/h7,11H,2-6H2,1H3. The average molecular weight is 193 g/mol. The molecule has 0 aromatic carbocycles. The van der Waals surface area contributed by atoms with Crippen LogP contribution in [0.4, 0.5) is 0 Å². The normalized spacial score (nSPS) is 25.5. The van der Waals surface area contributed by atoms with E-state index < -0.39 is 0 Å². The Kier molecular flexibility index (Phi) is 1.68. The van der Waals surface area contributed by atoms with Crippen molar-refractivity contribution in [2.24, 2.45) is 0 Å². The van der Waals surface area contributed by atoms with E-state index in [2.05, 4.69) is 22.4 Å². The minimum atomic E-state index is 0.0923. The van der Waals surface area contributed by atoms with Gasteiger partial charge in [0.15, 0.2) is 5.82 Å². The number of rotatable bonds is 2. The van der Waals surface area contributed by atoms with Crippen LogP contribution in [0.1, 0.15) is 43.8 Å². The third-order valence-electron chi connectivity index (χ3n) is 3.46. The fraction of sp³-hybridized carbons (Fsp3) is 0.800. The van der Waals surface area contributed by atoms with Gasteiger partial charge in [0.2, 0.25) is 5.89 Å². The molecule has 2 heterocycles. The maximum Gasteiger partial charge on any atom is 0.235 e. The van der Waals surface area contributed by atoms with E-state index in [1.54, 1.807) is 0 Å². The first-order valence-electron chi connectivity index (χ1n) is 5.33. The zero-order valence-corrected chi connectivity index (χ0v) is 8.42. The third kappa shape index (κ3) is 1.10. The Morgan fingerprint density at radius 3 is 2.71 bits per heavy atom. The molecule has 0 unspecified atom stereocenters. The molecular weight excluding hydrogens is 178 g/mol. The highest BCUT2D eigenvalue weighted by Gasteiger charge is 2.39. The quantitative estimate of drug-likeness (QED) is 0.766. The smallest absolute Gasteiger partial charge is 0.235 e. The zero-order chi connectivity index (χ0) is 9.60. The van der Waals surface area contributed by atoms with Crippen molar-refractivity contribution in [2.45, 2.75) is 37.5 Å². The van der Waals surface area contributed by atoms with E-state index in [1.807, 2.05) is 0 Å². The van der Waals surface area contributed by atoms with Crippen LogP contribution in [0.5, 0.6) is 0 Å². The second kappa shape index (κ2) is 2.79. The van der Waals surface area contributed by atoms with Gasteiger partial charge in [0.05, 0.1) is 5.41 Å². The van der Waals surface area contributed by atoms with E-state index in [4.69, 9.17) is 4.52 Å². The molecule has 1 saturated carbocycles. The predicted octanol–water partition coefficient (Wildman–Crippen LogP) is 1.20. The van der Waals surface area contributed by atoms with Gasteiger partial charge in [-0.1, -0.05) is 11.6 Å². The fourth-order valence-electron chi connectivity index (χ4n) is 1.96. The molecule has 1 aliphatic heterocycles. The maximum atomic E-state index is 5.33. The Morgan fingerprint density at radius 1 is 1.43 bits per heavy atom. The molecule has 1 aliphatic carbocycles. The van der Waals surface area contributed by atoms with Gasteiger partial charge < -0.3 is 9.84 Å². The zero-order valence-electron chi connectivity index (χ0n) is 8.42. The molecule has 0 atom stereocenters. The second-order valence-electron chi connectivity index (χ2n) is 4.75. The second-order valence-corrected chi connectivity index (χ2v) is 4.75. The summed E-state index contributed by atoms with van der Waals surface area (Å²) in [4.78, 5) is 4.51. The van der Waals surface area contributed by atoms with Crippen molar-refractivity contribution in [3.63, 3.8) is 0 Å². The van der Waals surface area contributed by atoms with Gasteiger partial charge >= 0.3 is 0 Å². The van der Waals surface area contributed by atoms with Crippen LogP contribution in [0, 0.1) is 0 Å². The van der Waals surface area contributed by atoms with Gasteiger partial charge in [-0.2, -0.15) is 4.98 Å². The molecule has 0 amide bonds. The third-order valence-corrected chi connectivity index (χ3v) is 3.46. The lowest BCUT2D eigenvalue weighted by molar-refractivity contribution is 0.218. The van der Waals surface area contributed by atoms with E-state index >= 15 is 0 Å². The number of hydrogen-bond acceptors (Lipinski definition) is 4. The number of nitrogens with zero attached hydrogens (tertiary/aromatic N) is 2. The summed E-state index contributed by atoms with van der Waals surface area (Å²) in [6.45, 7) is 4.08. The Morgan fingerprint density at radius 2 is 2.21 bits per heavy atom. The highest BCUT2D eigenvalue weighted by Crippen LogP contribution is 2.36. The van der Waals surface area contributed by atoms with E-state index in [9.17, 15) is 0 Å². The summed E-state index contributed by atoms with van der Waals surface area (Å²) < 4.78 is 5.33. The first-order valence-corrected chi connectivity index (χ1v) is 5.33. The van der Waals surface area contributed by atoms with Crippen molar-refractivity contribution in [3.05, 3.63) is 11.7 Å². The minimum Gasteiger partial charge on any atom is -0.339 e. The van der Waals surface area contributed by atoms with Gasteiger partial charge in [-0.05, 0) is 19.8 Å². The van der Waals surface area contributed by atoms with Crippen LogP contribution >= 0.6 is 0 Å². The summed E-state index contributed by atoms with van der Waals surface area (Å²) >= 11 is 0. The van der Waals surface area contributed by atoms with E-state index in [0.29, 0.717) is 5.92 Å². The molecule has 3 rings (SSSR count). The lowest BCUT2D eigenvalue weighted by Crippen LogP contribution is -2.54. The van der Waals surface area contributed by atoms with Crippen molar-refractivity contribution in [3.8, 4) is 0 Å². The minimum absolute atomic E-state index is 0.0923. The van der Waals surface area contributed by atoms with Crippen LogP contribution in [-0.2, 0) is 5.41 Å². The molecule has 2 fully saturated rings. The van der Waals surface area contributed by atoms with Gasteiger partial charge in [0.1, 0.15) is 0 Å². The van der Waals surface area contributed by atoms with Gasteiger partial charge in [-0.25, -0.2) is 0 Å². The van der Waals surface area contributed by atoms with Crippen LogP contribution < -0.4 is 5.32 Å². The lowest BCUT2D eigenvalue weighted by Gasteiger charge is -2.35. The summed E-state index contributed by atoms with van der Waals surface area (Å²) in [5.41, 5.74) is 0.0923.